The zero-order valence-corrected chi connectivity index (χ0v) is 16.1. The SMILES string of the molecule is COC(=O)CC(NC(=O)/C=C/c1ccc(SC)cc1)c1ccc(Cl)cc1. The van der Waals surface area contributed by atoms with Crippen LogP contribution in [0.3, 0.4) is 0 Å². The number of halogens is 1. The van der Waals surface area contributed by atoms with Crippen LogP contribution in [0.1, 0.15) is 23.6 Å². The van der Waals surface area contributed by atoms with Gasteiger partial charge in [0.05, 0.1) is 19.6 Å². The first-order valence-corrected chi connectivity index (χ1v) is 9.57. The van der Waals surface area contributed by atoms with Gasteiger partial charge in [0.1, 0.15) is 0 Å². The number of ether oxygens (including phenoxy) is 1. The minimum Gasteiger partial charge on any atom is -0.469 e. The summed E-state index contributed by atoms with van der Waals surface area (Å²) in [5.41, 5.74) is 1.71. The van der Waals surface area contributed by atoms with Gasteiger partial charge in [-0.2, -0.15) is 0 Å². The van der Waals surface area contributed by atoms with E-state index in [9.17, 15) is 9.59 Å². The van der Waals surface area contributed by atoms with Crippen LogP contribution in [0.5, 0.6) is 0 Å². The summed E-state index contributed by atoms with van der Waals surface area (Å²) in [4.78, 5) is 25.1. The number of hydrogen-bond acceptors (Lipinski definition) is 4. The lowest BCUT2D eigenvalue weighted by atomic mass is 10.0. The molecular weight excluding hydrogens is 370 g/mol. The molecular formula is C20H20ClNO3S. The van der Waals surface area contributed by atoms with Gasteiger partial charge in [0.15, 0.2) is 0 Å². The number of methoxy groups -OCH3 is 1. The Morgan fingerprint density at radius 2 is 1.81 bits per heavy atom. The maximum Gasteiger partial charge on any atom is 0.307 e. The number of hydrogen-bond donors (Lipinski definition) is 1. The van der Waals surface area contributed by atoms with E-state index in [0.29, 0.717) is 5.02 Å². The Bertz CT molecular complexity index is 773. The zero-order valence-electron chi connectivity index (χ0n) is 14.6. The van der Waals surface area contributed by atoms with Gasteiger partial charge < -0.3 is 10.1 Å². The standard InChI is InChI=1S/C20H20ClNO3S/c1-25-20(24)13-18(15-6-8-16(21)9-7-15)22-19(23)12-5-14-3-10-17(26-2)11-4-14/h3-12,18H,13H2,1-2H3,(H,22,23)/b12-5+. The molecule has 4 nitrogen and oxygen atoms in total. The molecule has 0 aromatic heterocycles. The van der Waals surface area contributed by atoms with Crippen molar-refractivity contribution in [1.82, 2.24) is 5.32 Å². The largest absolute Gasteiger partial charge is 0.469 e. The molecule has 1 unspecified atom stereocenters. The molecule has 0 fully saturated rings. The Morgan fingerprint density at radius 1 is 1.15 bits per heavy atom. The van der Waals surface area contributed by atoms with Crippen molar-refractivity contribution in [3.05, 3.63) is 70.8 Å². The molecule has 0 aliphatic heterocycles. The number of rotatable bonds is 7. The molecule has 1 atom stereocenters. The Balaban J connectivity index is 2.07. The van der Waals surface area contributed by atoms with Crippen LogP contribution in [0, 0.1) is 0 Å². The minimum atomic E-state index is -0.490. The summed E-state index contributed by atoms with van der Waals surface area (Å²) in [6.07, 6.45) is 5.24. The first kappa shape index (κ1) is 20.1. The minimum absolute atomic E-state index is 0.0418. The molecule has 136 valence electrons. The van der Waals surface area contributed by atoms with Crippen LogP contribution in [0.15, 0.2) is 59.5 Å². The van der Waals surface area contributed by atoms with Gasteiger partial charge >= 0.3 is 5.97 Å². The molecule has 0 spiro atoms. The van der Waals surface area contributed by atoms with Crippen LogP contribution < -0.4 is 5.32 Å². The summed E-state index contributed by atoms with van der Waals surface area (Å²) in [6, 6.07) is 14.4. The van der Waals surface area contributed by atoms with Crippen molar-refractivity contribution in [2.45, 2.75) is 17.4 Å². The first-order valence-electron chi connectivity index (χ1n) is 7.96. The molecule has 0 aliphatic rings. The highest BCUT2D eigenvalue weighted by Gasteiger charge is 2.18. The van der Waals surface area contributed by atoms with Crippen LogP contribution in [0.2, 0.25) is 5.02 Å². The number of esters is 1. The molecule has 26 heavy (non-hydrogen) atoms. The molecule has 1 amide bonds. The monoisotopic (exact) mass is 389 g/mol. The lowest BCUT2D eigenvalue weighted by Gasteiger charge is -2.17. The average Bonchev–Trinajstić information content (AvgIpc) is 2.66. The number of nitrogens with one attached hydrogen (secondary N) is 1. The Kier molecular flexibility index (Phi) is 7.75. The van der Waals surface area contributed by atoms with Gasteiger partial charge in [-0.3, -0.25) is 9.59 Å². The van der Waals surface area contributed by atoms with Crippen molar-refractivity contribution < 1.29 is 14.3 Å². The second kappa shape index (κ2) is 10.0. The second-order valence-electron chi connectivity index (χ2n) is 5.50. The molecule has 0 aliphatic carbocycles. The normalized spacial score (nSPS) is 12.0. The highest BCUT2D eigenvalue weighted by molar-refractivity contribution is 7.98. The summed E-state index contributed by atoms with van der Waals surface area (Å²) < 4.78 is 4.72. The van der Waals surface area contributed by atoms with Crippen molar-refractivity contribution in [3.63, 3.8) is 0 Å². The number of carbonyl (C=O) groups excluding carboxylic acids is 2. The van der Waals surface area contributed by atoms with Gasteiger partial charge in [0, 0.05) is 16.0 Å². The van der Waals surface area contributed by atoms with E-state index in [1.165, 1.54) is 13.2 Å². The molecule has 0 saturated heterocycles. The third-order valence-corrected chi connectivity index (χ3v) is 4.73. The van der Waals surface area contributed by atoms with Crippen molar-refractivity contribution in [3.8, 4) is 0 Å². The fraction of sp³-hybridized carbons (Fsp3) is 0.200. The predicted octanol–water partition coefficient (Wildman–Crippen LogP) is 4.50. The maximum absolute atomic E-state index is 12.3. The number of amides is 1. The summed E-state index contributed by atoms with van der Waals surface area (Å²) in [6.45, 7) is 0. The van der Waals surface area contributed by atoms with Crippen molar-refractivity contribution >= 4 is 41.3 Å². The van der Waals surface area contributed by atoms with Crippen molar-refractivity contribution in [2.24, 2.45) is 0 Å². The fourth-order valence-electron chi connectivity index (χ4n) is 2.30. The average molecular weight is 390 g/mol. The van der Waals surface area contributed by atoms with E-state index in [0.717, 1.165) is 16.0 Å². The van der Waals surface area contributed by atoms with E-state index in [1.807, 2.05) is 30.5 Å². The van der Waals surface area contributed by atoms with Gasteiger partial charge in [-0.25, -0.2) is 0 Å². The van der Waals surface area contributed by atoms with E-state index in [4.69, 9.17) is 16.3 Å². The molecule has 0 radical (unpaired) electrons. The van der Waals surface area contributed by atoms with E-state index >= 15 is 0 Å². The molecule has 2 aromatic carbocycles. The summed E-state index contributed by atoms with van der Waals surface area (Å²) in [7, 11) is 1.32. The Labute approximate surface area is 162 Å². The van der Waals surface area contributed by atoms with Crippen LogP contribution in [0.4, 0.5) is 0 Å². The third kappa shape index (κ3) is 6.24. The lowest BCUT2D eigenvalue weighted by Crippen LogP contribution is -2.29. The molecule has 2 rings (SSSR count). The van der Waals surface area contributed by atoms with Gasteiger partial charge in [0.2, 0.25) is 5.91 Å². The summed E-state index contributed by atoms with van der Waals surface area (Å²) in [5, 5.41) is 3.43. The van der Waals surface area contributed by atoms with Gasteiger partial charge in [-0.1, -0.05) is 35.9 Å². The van der Waals surface area contributed by atoms with Crippen molar-refractivity contribution in [2.75, 3.05) is 13.4 Å². The smallest absolute Gasteiger partial charge is 0.307 e. The molecule has 0 bridgehead atoms. The summed E-state index contributed by atoms with van der Waals surface area (Å²) in [5.74, 6) is -0.690. The van der Waals surface area contributed by atoms with E-state index in [2.05, 4.69) is 5.32 Å². The van der Waals surface area contributed by atoms with Gasteiger partial charge in [-0.05, 0) is 47.7 Å². The fourth-order valence-corrected chi connectivity index (χ4v) is 2.84. The van der Waals surface area contributed by atoms with E-state index in [-0.39, 0.29) is 12.3 Å². The van der Waals surface area contributed by atoms with Gasteiger partial charge in [-0.15, -0.1) is 11.8 Å². The molecule has 1 N–H and O–H groups in total. The molecule has 0 heterocycles. The second-order valence-corrected chi connectivity index (χ2v) is 6.82. The maximum atomic E-state index is 12.3. The van der Waals surface area contributed by atoms with Crippen LogP contribution in [-0.4, -0.2) is 25.2 Å². The number of benzene rings is 2. The summed E-state index contributed by atoms with van der Waals surface area (Å²) >= 11 is 7.56. The highest BCUT2D eigenvalue weighted by atomic mass is 35.5. The van der Waals surface area contributed by atoms with Crippen LogP contribution in [0.25, 0.3) is 6.08 Å². The third-order valence-electron chi connectivity index (χ3n) is 3.73. The van der Waals surface area contributed by atoms with Crippen LogP contribution in [-0.2, 0) is 14.3 Å². The predicted molar refractivity (Wildman–Crippen MR) is 106 cm³/mol. The van der Waals surface area contributed by atoms with E-state index in [1.54, 1.807) is 42.1 Å². The van der Waals surface area contributed by atoms with Gasteiger partial charge in [0.25, 0.3) is 0 Å². The lowest BCUT2D eigenvalue weighted by molar-refractivity contribution is -0.141. The quantitative estimate of drug-likeness (QED) is 0.430. The zero-order chi connectivity index (χ0) is 18.9. The first-order chi connectivity index (χ1) is 12.5. The molecule has 2 aromatic rings. The Hall–Kier alpha value is -2.24. The van der Waals surface area contributed by atoms with Crippen LogP contribution >= 0.6 is 23.4 Å². The number of carbonyl (C=O) groups is 2. The topological polar surface area (TPSA) is 55.4 Å². The number of thioether (sulfide) groups is 1. The molecule has 0 saturated carbocycles. The van der Waals surface area contributed by atoms with E-state index < -0.39 is 12.0 Å². The molecule has 6 heteroatoms. The highest BCUT2D eigenvalue weighted by Crippen LogP contribution is 2.20. The van der Waals surface area contributed by atoms with Crippen molar-refractivity contribution in [1.29, 1.82) is 0 Å². The Morgan fingerprint density at radius 3 is 2.38 bits per heavy atom.